The molecule has 2 fully saturated rings. The minimum Gasteiger partial charge on any atom is -0.359 e. The molecule has 2 N–H and O–H groups in total. The topological polar surface area (TPSA) is 81.8 Å². The Balaban J connectivity index is 1.39. The zero-order chi connectivity index (χ0) is 20.9. The number of anilines is 3. The van der Waals surface area contributed by atoms with Crippen molar-refractivity contribution >= 4 is 58.1 Å². The van der Waals surface area contributed by atoms with E-state index in [4.69, 9.17) is 11.6 Å². The molecule has 2 saturated heterocycles. The molecule has 0 spiro atoms. The summed E-state index contributed by atoms with van der Waals surface area (Å²) in [6, 6.07) is 12.9. The lowest BCUT2D eigenvalue weighted by Gasteiger charge is -2.30. The molecule has 3 heterocycles. The standard InChI is InChI=1S/C21H19ClN4O3S/c22-14-11-13(5-6-15(14)25-10-9-23-18(27)12-25)24-20(29)21-8-7-19(28)26(21)16-3-1-2-4-17(16)30-21/h1-6,11H,7-10,12H2,(H,23,27)(H,24,29). The highest BCUT2D eigenvalue weighted by Gasteiger charge is 2.57. The molecule has 9 heteroatoms. The van der Waals surface area contributed by atoms with Gasteiger partial charge in [-0.1, -0.05) is 35.5 Å². The van der Waals surface area contributed by atoms with Crippen molar-refractivity contribution < 1.29 is 14.4 Å². The minimum atomic E-state index is -0.975. The fraction of sp³-hybridized carbons (Fsp3) is 0.286. The first kappa shape index (κ1) is 19.3. The lowest BCUT2D eigenvalue weighted by Crippen LogP contribution is -2.49. The summed E-state index contributed by atoms with van der Waals surface area (Å²) in [7, 11) is 0. The number of rotatable bonds is 3. The average molecular weight is 443 g/mol. The summed E-state index contributed by atoms with van der Waals surface area (Å²) in [6.07, 6.45) is 0.789. The number of para-hydroxylation sites is 1. The monoisotopic (exact) mass is 442 g/mol. The van der Waals surface area contributed by atoms with Crippen molar-refractivity contribution in [3.05, 3.63) is 47.5 Å². The van der Waals surface area contributed by atoms with Crippen LogP contribution in [-0.4, -0.2) is 42.2 Å². The number of halogens is 1. The second kappa shape index (κ2) is 7.21. The number of benzene rings is 2. The summed E-state index contributed by atoms with van der Waals surface area (Å²) in [6.45, 7) is 1.49. The predicted octanol–water partition coefficient (Wildman–Crippen LogP) is 2.84. The van der Waals surface area contributed by atoms with Crippen LogP contribution in [0.25, 0.3) is 0 Å². The van der Waals surface area contributed by atoms with Crippen LogP contribution in [-0.2, 0) is 14.4 Å². The van der Waals surface area contributed by atoms with Crippen molar-refractivity contribution in [3.8, 4) is 0 Å². The summed E-state index contributed by atoms with van der Waals surface area (Å²) in [5.74, 6) is -0.326. The van der Waals surface area contributed by atoms with Crippen LogP contribution >= 0.6 is 23.4 Å². The van der Waals surface area contributed by atoms with Crippen molar-refractivity contribution in [2.75, 3.05) is 34.8 Å². The number of fused-ring (bicyclic) bond motifs is 3. The number of hydrogen-bond acceptors (Lipinski definition) is 5. The summed E-state index contributed by atoms with van der Waals surface area (Å²) in [5.41, 5.74) is 2.10. The SMILES string of the molecule is O=C1CN(c2ccc(NC(=O)C34CCC(=O)N3c3ccccc3S4)cc2Cl)CCN1. The van der Waals surface area contributed by atoms with Gasteiger partial charge >= 0.3 is 0 Å². The van der Waals surface area contributed by atoms with Gasteiger partial charge in [-0.3, -0.25) is 19.3 Å². The lowest BCUT2D eigenvalue weighted by atomic mass is 10.1. The molecule has 30 heavy (non-hydrogen) atoms. The smallest absolute Gasteiger partial charge is 0.261 e. The Kier molecular flexibility index (Phi) is 4.63. The van der Waals surface area contributed by atoms with Gasteiger partial charge in [-0.25, -0.2) is 0 Å². The van der Waals surface area contributed by atoms with Crippen molar-refractivity contribution in [2.24, 2.45) is 0 Å². The van der Waals surface area contributed by atoms with Gasteiger partial charge in [0.05, 0.1) is 22.9 Å². The van der Waals surface area contributed by atoms with E-state index in [1.165, 1.54) is 11.8 Å². The molecule has 0 bridgehead atoms. The number of amides is 3. The lowest BCUT2D eigenvalue weighted by molar-refractivity contribution is -0.121. The van der Waals surface area contributed by atoms with Crippen LogP contribution in [0.15, 0.2) is 47.4 Å². The van der Waals surface area contributed by atoms with E-state index in [1.54, 1.807) is 17.0 Å². The van der Waals surface area contributed by atoms with E-state index in [0.29, 0.717) is 36.6 Å². The molecular formula is C21H19ClN4O3S. The van der Waals surface area contributed by atoms with E-state index in [9.17, 15) is 14.4 Å². The van der Waals surface area contributed by atoms with Crippen molar-refractivity contribution in [1.82, 2.24) is 5.32 Å². The molecule has 3 aliphatic rings. The third kappa shape index (κ3) is 3.02. The van der Waals surface area contributed by atoms with Gasteiger partial charge in [0, 0.05) is 30.1 Å². The highest BCUT2D eigenvalue weighted by molar-refractivity contribution is 8.02. The first-order valence-corrected chi connectivity index (χ1v) is 10.9. The van der Waals surface area contributed by atoms with E-state index in [0.717, 1.165) is 16.3 Å². The van der Waals surface area contributed by atoms with Crippen LogP contribution in [0.5, 0.6) is 0 Å². The van der Waals surface area contributed by atoms with Gasteiger partial charge < -0.3 is 15.5 Å². The molecule has 2 aromatic rings. The van der Waals surface area contributed by atoms with Gasteiger partial charge in [-0.2, -0.15) is 0 Å². The largest absolute Gasteiger partial charge is 0.359 e. The number of thioether (sulfide) groups is 1. The quantitative estimate of drug-likeness (QED) is 0.763. The number of nitrogens with one attached hydrogen (secondary N) is 2. The molecule has 154 valence electrons. The molecule has 0 aromatic heterocycles. The average Bonchev–Trinajstić information content (AvgIpc) is 3.24. The van der Waals surface area contributed by atoms with Gasteiger partial charge in [0.1, 0.15) is 0 Å². The Morgan fingerprint density at radius 1 is 1.17 bits per heavy atom. The van der Waals surface area contributed by atoms with Crippen LogP contribution in [0.3, 0.4) is 0 Å². The third-order valence-electron chi connectivity index (χ3n) is 5.61. The Labute approximate surface area is 182 Å². The Morgan fingerprint density at radius 2 is 2.00 bits per heavy atom. The first-order chi connectivity index (χ1) is 14.5. The second-order valence-electron chi connectivity index (χ2n) is 7.48. The van der Waals surface area contributed by atoms with Crippen LogP contribution < -0.4 is 20.4 Å². The van der Waals surface area contributed by atoms with Crippen molar-refractivity contribution in [2.45, 2.75) is 22.6 Å². The fourth-order valence-electron chi connectivity index (χ4n) is 4.21. The summed E-state index contributed by atoms with van der Waals surface area (Å²) in [5, 5.41) is 6.19. The van der Waals surface area contributed by atoms with E-state index in [1.807, 2.05) is 35.2 Å². The Bertz CT molecular complexity index is 1080. The molecule has 5 rings (SSSR count). The van der Waals surface area contributed by atoms with Gasteiger partial charge in [0.2, 0.25) is 11.8 Å². The Morgan fingerprint density at radius 3 is 2.80 bits per heavy atom. The maximum atomic E-state index is 13.3. The van der Waals surface area contributed by atoms with E-state index in [-0.39, 0.29) is 24.3 Å². The number of carbonyl (C=O) groups is 3. The van der Waals surface area contributed by atoms with Crippen molar-refractivity contribution in [3.63, 3.8) is 0 Å². The van der Waals surface area contributed by atoms with Crippen LogP contribution in [0, 0.1) is 0 Å². The molecule has 1 unspecified atom stereocenters. The zero-order valence-corrected chi connectivity index (χ0v) is 17.6. The van der Waals surface area contributed by atoms with Gasteiger partial charge in [-0.15, -0.1) is 0 Å². The fourth-order valence-corrected chi connectivity index (χ4v) is 5.93. The number of carbonyl (C=O) groups excluding carboxylic acids is 3. The zero-order valence-electron chi connectivity index (χ0n) is 16.0. The number of nitrogens with zero attached hydrogens (tertiary/aromatic N) is 2. The van der Waals surface area contributed by atoms with E-state index < -0.39 is 4.87 Å². The number of hydrogen-bond donors (Lipinski definition) is 2. The number of piperazine rings is 1. The highest BCUT2D eigenvalue weighted by Crippen LogP contribution is 2.56. The molecule has 0 radical (unpaired) electrons. The van der Waals surface area contributed by atoms with Gasteiger partial charge in [0.25, 0.3) is 5.91 Å². The summed E-state index contributed by atoms with van der Waals surface area (Å²) < 4.78 is 0. The molecule has 7 nitrogen and oxygen atoms in total. The molecule has 0 saturated carbocycles. The first-order valence-electron chi connectivity index (χ1n) is 9.72. The highest BCUT2D eigenvalue weighted by atomic mass is 35.5. The van der Waals surface area contributed by atoms with E-state index in [2.05, 4.69) is 10.6 Å². The predicted molar refractivity (Wildman–Crippen MR) is 117 cm³/mol. The van der Waals surface area contributed by atoms with Gasteiger partial charge in [-0.05, 0) is 36.8 Å². The summed E-state index contributed by atoms with van der Waals surface area (Å²) >= 11 is 7.89. The van der Waals surface area contributed by atoms with Crippen molar-refractivity contribution in [1.29, 1.82) is 0 Å². The van der Waals surface area contributed by atoms with Crippen LogP contribution in [0.1, 0.15) is 12.8 Å². The second-order valence-corrected chi connectivity index (χ2v) is 9.20. The third-order valence-corrected chi connectivity index (χ3v) is 7.39. The summed E-state index contributed by atoms with van der Waals surface area (Å²) in [4.78, 5) is 41.0. The molecule has 1 atom stereocenters. The van der Waals surface area contributed by atoms with E-state index >= 15 is 0 Å². The maximum absolute atomic E-state index is 13.3. The molecule has 0 aliphatic carbocycles. The minimum absolute atomic E-state index is 0.0423. The maximum Gasteiger partial charge on any atom is 0.261 e. The molecule has 2 aromatic carbocycles. The normalized spacial score (nSPS) is 22.6. The molecule has 3 aliphatic heterocycles. The molecular weight excluding hydrogens is 424 g/mol. The van der Waals surface area contributed by atoms with Crippen LogP contribution in [0.4, 0.5) is 17.1 Å². The van der Waals surface area contributed by atoms with Crippen LogP contribution in [0.2, 0.25) is 5.02 Å². The van der Waals surface area contributed by atoms with Gasteiger partial charge in [0.15, 0.2) is 4.87 Å². The molecule has 3 amide bonds. The Hall–Kier alpha value is -2.71.